The van der Waals surface area contributed by atoms with Gasteiger partial charge in [-0.25, -0.2) is 9.97 Å². The van der Waals surface area contributed by atoms with E-state index in [2.05, 4.69) is 50.0 Å². The minimum Gasteiger partial charge on any atom is -0.352 e. The molecular weight excluding hydrogens is 382 g/mol. The summed E-state index contributed by atoms with van der Waals surface area (Å²) in [6.07, 6.45) is 0.765. The highest BCUT2D eigenvalue weighted by atomic mass is 32.1. The first-order valence-corrected chi connectivity index (χ1v) is 10.4. The first-order valence-electron chi connectivity index (χ1n) is 9.53. The number of rotatable bonds is 5. The van der Waals surface area contributed by atoms with Crippen molar-refractivity contribution >= 4 is 28.3 Å². The Hall–Kier alpha value is -3.06. The van der Waals surface area contributed by atoms with Crippen molar-refractivity contribution in [3.8, 4) is 11.3 Å². The molecule has 3 heterocycles. The largest absolute Gasteiger partial charge is 0.352 e. The zero-order chi connectivity index (χ0) is 20.5. The number of carbonyl (C=O) groups excluding carboxylic acids is 1. The molecule has 29 heavy (non-hydrogen) atoms. The van der Waals surface area contributed by atoms with E-state index in [0.717, 1.165) is 45.1 Å². The van der Waals surface area contributed by atoms with E-state index in [0.29, 0.717) is 12.1 Å². The van der Waals surface area contributed by atoms with Crippen LogP contribution in [0.2, 0.25) is 0 Å². The fourth-order valence-corrected chi connectivity index (χ4v) is 4.12. The van der Waals surface area contributed by atoms with Crippen LogP contribution < -0.4 is 5.32 Å². The smallest absolute Gasteiger partial charge is 0.252 e. The lowest BCUT2D eigenvalue weighted by molar-refractivity contribution is 0.0955. The first-order chi connectivity index (χ1) is 13.9. The number of hydrogen-bond acceptors (Lipinski definition) is 5. The Morgan fingerprint density at radius 3 is 2.59 bits per heavy atom. The summed E-state index contributed by atoms with van der Waals surface area (Å²) in [5.41, 5.74) is 6.29. The van der Waals surface area contributed by atoms with E-state index in [1.54, 1.807) is 16.0 Å². The minimum absolute atomic E-state index is 0.0915. The van der Waals surface area contributed by atoms with Crippen LogP contribution >= 0.6 is 11.3 Å². The molecule has 1 amide bonds. The molecular formula is C22H23N5OS. The maximum atomic E-state index is 12.8. The van der Waals surface area contributed by atoms with Gasteiger partial charge in [0, 0.05) is 30.2 Å². The van der Waals surface area contributed by atoms with Gasteiger partial charge in [-0.05, 0) is 38.8 Å². The molecule has 148 valence electrons. The molecule has 0 bridgehead atoms. The van der Waals surface area contributed by atoms with Crippen molar-refractivity contribution in [3.05, 3.63) is 63.2 Å². The van der Waals surface area contributed by atoms with Crippen molar-refractivity contribution in [1.29, 1.82) is 0 Å². The molecule has 0 aliphatic carbocycles. The summed E-state index contributed by atoms with van der Waals surface area (Å²) < 4.78 is 1.72. The Morgan fingerprint density at radius 2 is 1.90 bits per heavy atom. The van der Waals surface area contributed by atoms with Crippen molar-refractivity contribution in [2.24, 2.45) is 7.05 Å². The van der Waals surface area contributed by atoms with Crippen LogP contribution in [-0.2, 0) is 13.5 Å². The summed E-state index contributed by atoms with van der Waals surface area (Å²) in [5.74, 6) is -0.0915. The van der Waals surface area contributed by atoms with Crippen LogP contribution in [0.1, 0.15) is 32.3 Å². The number of thiazole rings is 1. The van der Waals surface area contributed by atoms with E-state index in [9.17, 15) is 4.79 Å². The number of pyridine rings is 1. The summed E-state index contributed by atoms with van der Waals surface area (Å²) in [7, 11) is 1.85. The molecule has 3 aromatic heterocycles. The summed E-state index contributed by atoms with van der Waals surface area (Å²) in [4.78, 5) is 21.9. The lowest BCUT2D eigenvalue weighted by Crippen LogP contribution is -2.26. The molecule has 0 unspecified atom stereocenters. The van der Waals surface area contributed by atoms with Gasteiger partial charge in [-0.1, -0.05) is 24.3 Å². The Balaban J connectivity index is 1.44. The fraction of sp³-hybridized carbons (Fsp3) is 0.273. The van der Waals surface area contributed by atoms with Gasteiger partial charge in [0.25, 0.3) is 5.91 Å². The van der Waals surface area contributed by atoms with Crippen molar-refractivity contribution in [2.75, 3.05) is 6.54 Å². The van der Waals surface area contributed by atoms with Gasteiger partial charge < -0.3 is 5.32 Å². The number of carbonyl (C=O) groups is 1. The molecule has 0 atom stereocenters. The third kappa shape index (κ3) is 3.91. The molecule has 0 fully saturated rings. The van der Waals surface area contributed by atoms with E-state index in [1.807, 2.05) is 33.9 Å². The van der Waals surface area contributed by atoms with Crippen LogP contribution in [-0.4, -0.2) is 32.2 Å². The first kappa shape index (κ1) is 19.3. The summed E-state index contributed by atoms with van der Waals surface area (Å²) in [6.45, 7) is 6.37. The van der Waals surface area contributed by atoms with Crippen molar-refractivity contribution in [2.45, 2.75) is 27.2 Å². The van der Waals surface area contributed by atoms with Crippen molar-refractivity contribution < 1.29 is 4.79 Å². The van der Waals surface area contributed by atoms with Crippen LogP contribution in [0.3, 0.4) is 0 Å². The lowest BCUT2D eigenvalue weighted by Gasteiger charge is -2.08. The normalized spacial score (nSPS) is 11.2. The van der Waals surface area contributed by atoms with Crippen LogP contribution in [0.15, 0.2) is 35.7 Å². The van der Waals surface area contributed by atoms with Crippen LogP contribution in [0.4, 0.5) is 0 Å². The molecule has 7 heteroatoms. The number of nitrogens with zero attached hydrogens (tertiary/aromatic N) is 4. The molecule has 1 N–H and O–H groups in total. The summed E-state index contributed by atoms with van der Waals surface area (Å²) in [6, 6.07) is 10.2. The Morgan fingerprint density at radius 1 is 1.14 bits per heavy atom. The van der Waals surface area contributed by atoms with Crippen LogP contribution in [0.5, 0.6) is 0 Å². The molecule has 6 nitrogen and oxygen atoms in total. The van der Waals surface area contributed by atoms with Crippen LogP contribution in [0, 0.1) is 20.8 Å². The van der Waals surface area contributed by atoms with E-state index < -0.39 is 0 Å². The SMILES string of the molecule is Cc1cc(C(=O)NCCc2ccc(-c3csc(C)n3)cc2)c2c(C)nn(C)c2n1. The maximum Gasteiger partial charge on any atom is 0.252 e. The molecule has 0 radical (unpaired) electrons. The molecule has 0 saturated carbocycles. The van der Waals surface area contributed by atoms with Crippen LogP contribution in [0.25, 0.3) is 22.3 Å². The average molecular weight is 406 g/mol. The molecule has 0 aliphatic heterocycles. The fourth-order valence-electron chi connectivity index (χ4n) is 3.50. The van der Waals surface area contributed by atoms with Gasteiger partial charge in [0.15, 0.2) is 5.65 Å². The van der Waals surface area contributed by atoms with Crippen molar-refractivity contribution in [1.82, 2.24) is 25.1 Å². The third-order valence-electron chi connectivity index (χ3n) is 4.91. The highest BCUT2D eigenvalue weighted by molar-refractivity contribution is 7.09. The monoisotopic (exact) mass is 405 g/mol. The summed E-state index contributed by atoms with van der Waals surface area (Å²) >= 11 is 1.65. The number of hydrogen-bond donors (Lipinski definition) is 1. The number of nitrogens with one attached hydrogen (secondary N) is 1. The molecule has 0 aliphatic rings. The van der Waals surface area contributed by atoms with E-state index in [4.69, 9.17) is 0 Å². The topological polar surface area (TPSA) is 72.7 Å². The van der Waals surface area contributed by atoms with Gasteiger partial charge in [0.2, 0.25) is 0 Å². The molecule has 4 aromatic rings. The molecule has 1 aromatic carbocycles. The maximum absolute atomic E-state index is 12.8. The second-order valence-electron chi connectivity index (χ2n) is 7.17. The van der Waals surface area contributed by atoms with E-state index in [-0.39, 0.29) is 5.91 Å². The zero-order valence-electron chi connectivity index (χ0n) is 17.0. The number of aryl methyl sites for hydroxylation is 4. The number of amides is 1. The second kappa shape index (κ2) is 7.75. The molecule has 4 rings (SSSR count). The second-order valence-corrected chi connectivity index (χ2v) is 8.24. The van der Waals surface area contributed by atoms with Gasteiger partial charge in [0.1, 0.15) is 0 Å². The van der Waals surface area contributed by atoms with Gasteiger partial charge in [-0.15, -0.1) is 11.3 Å². The van der Waals surface area contributed by atoms with Gasteiger partial charge in [-0.2, -0.15) is 5.10 Å². The predicted molar refractivity (Wildman–Crippen MR) is 116 cm³/mol. The zero-order valence-corrected chi connectivity index (χ0v) is 17.8. The Labute approximate surface area is 173 Å². The van der Waals surface area contributed by atoms with E-state index >= 15 is 0 Å². The minimum atomic E-state index is -0.0915. The van der Waals surface area contributed by atoms with Gasteiger partial charge in [-0.3, -0.25) is 9.48 Å². The number of aromatic nitrogens is 4. The Kier molecular flexibility index (Phi) is 5.15. The number of fused-ring (bicyclic) bond motifs is 1. The summed E-state index contributed by atoms with van der Waals surface area (Å²) in [5, 5.41) is 11.4. The van der Waals surface area contributed by atoms with E-state index in [1.165, 1.54) is 5.56 Å². The highest BCUT2D eigenvalue weighted by Gasteiger charge is 2.17. The van der Waals surface area contributed by atoms with Crippen molar-refractivity contribution in [3.63, 3.8) is 0 Å². The predicted octanol–water partition coefficient (Wildman–Crippen LogP) is 3.99. The molecule has 0 spiro atoms. The average Bonchev–Trinajstić information content (AvgIpc) is 3.25. The highest BCUT2D eigenvalue weighted by Crippen LogP contribution is 2.23. The number of benzene rings is 1. The quantitative estimate of drug-likeness (QED) is 0.545. The standard InChI is InChI=1S/C22H23N5OS/c1-13-11-18(20-14(2)26-27(4)21(20)24-13)22(28)23-10-9-16-5-7-17(8-6-16)19-12-29-15(3)25-19/h5-8,11-12H,9-10H2,1-4H3,(H,23,28). The van der Waals surface area contributed by atoms with Gasteiger partial charge in [0.05, 0.1) is 27.3 Å². The molecule has 0 saturated heterocycles. The Bertz CT molecular complexity index is 1190. The van der Waals surface area contributed by atoms with Gasteiger partial charge >= 0.3 is 0 Å². The third-order valence-corrected chi connectivity index (χ3v) is 5.68. The lowest BCUT2D eigenvalue weighted by atomic mass is 10.1.